The van der Waals surface area contributed by atoms with Crippen molar-refractivity contribution in [2.75, 3.05) is 5.73 Å². The zero-order valence-corrected chi connectivity index (χ0v) is 14.4. The first-order chi connectivity index (χ1) is 12.5. The van der Waals surface area contributed by atoms with E-state index in [4.69, 9.17) is 5.73 Å². The number of nitriles is 2. The van der Waals surface area contributed by atoms with E-state index < -0.39 is 5.56 Å². The Hall–Kier alpha value is -3.83. The summed E-state index contributed by atoms with van der Waals surface area (Å²) >= 11 is 0. The van der Waals surface area contributed by atoms with Crippen molar-refractivity contribution < 1.29 is 0 Å². The van der Waals surface area contributed by atoms with Crippen LogP contribution in [0.5, 0.6) is 0 Å². The molecule has 5 nitrogen and oxygen atoms in total. The molecule has 3 rings (SSSR count). The van der Waals surface area contributed by atoms with E-state index in [0.717, 1.165) is 11.1 Å². The van der Waals surface area contributed by atoms with Gasteiger partial charge in [-0.1, -0.05) is 48.0 Å². The molecule has 3 aromatic rings. The number of anilines is 1. The molecule has 0 radical (unpaired) electrons. The van der Waals surface area contributed by atoms with Crippen molar-refractivity contribution in [1.82, 2.24) is 4.57 Å². The molecule has 0 bridgehead atoms. The summed E-state index contributed by atoms with van der Waals surface area (Å²) < 4.78 is 1.24. The highest BCUT2D eigenvalue weighted by molar-refractivity contribution is 5.81. The molecule has 2 aromatic carbocycles. The van der Waals surface area contributed by atoms with Crippen LogP contribution in [0.3, 0.4) is 0 Å². The molecule has 2 N–H and O–H groups in total. The fourth-order valence-electron chi connectivity index (χ4n) is 2.97. The molecule has 0 amide bonds. The average molecular weight is 340 g/mol. The molecule has 0 spiro atoms. The van der Waals surface area contributed by atoms with Crippen LogP contribution in [0.1, 0.15) is 22.3 Å². The SMILES string of the molecule is Cc1ccc(-c2c(C#N)c(N)n(-c3ccccc3C)c(=O)c2C#N)cc1. The highest BCUT2D eigenvalue weighted by Gasteiger charge is 2.22. The van der Waals surface area contributed by atoms with Gasteiger partial charge in [-0.2, -0.15) is 10.5 Å². The molecule has 126 valence electrons. The van der Waals surface area contributed by atoms with Gasteiger partial charge in [-0.05, 0) is 31.0 Å². The molecule has 26 heavy (non-hydrogen) atoms. The van der Waals surface area contributed by atoms with Crippen molar-refractivity contribution in [3.8, 4) is 29.0 Å². The second-order valence-corrected chi connectivity index (χ2v) is 6.03. The third-order valence-electron chi connectivity index (χ3n) is 4.33. The van der Waals surface area contributed by atoms with Gasteiger partial charge in [-0.15, -0.1) is 0 Å². The van der Waals surface area contributed by atoms with Crippen molar-refractivity contribution in [2.24, 2.45) is 0 Å². The van der Waals surface area contributed by atoms with Gasteiger partial charge in [0.25, 0.3) is 5.56 Å². The van der Waals surface area contributed by atoms with Gasteiger partial charge in [0.05, 0.1) is 5.69 Å². The van der Waals surface area contributed by atoms with Crippen LogP contribution in [0, 0.1) is 36.5 Å². The number of nitrogens with two attached hydrogens (primary N) is 1. The summed E-state index contributed by atoms with van der Waals surface area (Å²) in [5, 5.41) is 19.4. The van der Waals surface area contributed by atoms with Crippen molar-refractivity contribution in [1.29, 1.82) is 10.5 Å². The van der Waals surface area contributed by atoms with Crippen LogP contribution in [0.25, 0.3) is 16.8 Å². The Morgan fingerprint density at radius 2 is 1.54 bits per heavy atom. The van der Waals surface area contributed by atoms with Crippen LogP contribution >= 0.6 is 0 Å². The number of aryl methyl sites for hydroxylation is 2. The summed E-state index contributed by atoms with van der Waals surface area (Å²) in [6.45, 7) is 3.78. The van der Waals surface area contributed by atoms with E-state index in [0.29, 0.717) is 11.3 Å². The molecule has 0 saturated heterocycles. The fourth-order valence-corrected chi connectivity index (χ4v) is 2.97. The maximum Gasteiger partial charge on any atom is 0.275 e. The summed E-state index contributed by atoms with van der Waals surface area (Å²) in [4.78, 5) is 13.1. The number of pyridine rings is 1. The van der Waals surface area contributed by atoms with Gasteiger partial charge in [-0.25, -0.2) is 0 Å². The zero-order valence-electron chi connectivity index (χ0n) is 14.4. The normalized spacial score (nSPS) is 10.2. The standard InChI is InChI=1S/C21H16N4O/c1-13-7-9-15(10-8-13)19-16(11-22)20(24)25(21(26)17(19)12-23)18-6-4-3-5-14(18)2/h3-10H,24H2,1-2H3. The summed E-state index contributed by atoms with van der Waals surface area (Å²) in [6.07, 6.45) is 0. The van der Waals surface area contributed by atoms with E-state index in [-0.39, 0.29) is 22.5 Å². The van der Waals surface area contributed by atoms with E-state index in [9.17, 15) is 15.3 Å². The number of nitrogens with zero attached hydrogens (tertiary/aromatic N) is 3. The average Bonchev–Trinajstić information content (AvgIpc) is 2.64. The van der Waals surface area contributed by atoms with E-state index >= 15 is 0 Å². The predicted octanol–water partition coefficient (Wildman–Crippen LogP) is 3.45. The predicted molar refractivity (Wildman–Crippen MR) is 101 cm³/mol. The van der Waals surface area contributed by atoms with Gasteiger partial charge in [0.15, 0.2) is 0 Å². The monoisotopic (exact) mass is 340 g/mol. The van der Waals surface area contributed by atoms with Gasteiger partial charge in [0.2, 0.25) is 0 Å². The Balaban J connectivity index is 2.46. The van der Waals surface area contributed by atoms with Crippen molar-refractivity contribution in [2.45, 2.75) is 13.8 Å². The number of nitrogen functional groups attached to an aromatic ring is 1. The largest absolute Gasteiger partial charge is 0.384 e. The molecule has 0 unspecified atom stereocenters. The Bertz CT molecular complexity index is 1140. The van der Waals surface area contributed by atoms with Crippen molar-refractivity contribution >= 4 is 5.82 Å². The number of hydrogen-bond acceptors (Lipinski definition) is 4. The highest BCUT2D eigenvalue weighted by atomic mass is 16.1. The van der Waals surface area contributed by atoms with Crippen LogP contribution < -0.4 is 11.3 Å². The van der Waals surface area contributed by atoms with Crippen molar-refractivity contribution in [3.63, 3.8) is 0 Å². The number of benzene rings is 2. The van der Waals surface area contributed by atoms with Crippen LogP contribution in [-0.4, -0.2) is 4.57 Å². The minimum Gasteiger partial charge on any atom is -0.384 e. The lowest BCUT2D eigenvalue weighted by Crippen LogP contribution is -2.26. The molecule has 0 aliphatic heterocycles. The lowest BCUT2D eigenvalue weighted by atomic mass is 9.95. The third kappa shape index (κ3) is 2.62. The molecule has 0 saturated carbocycles. The Morgan fingerprint density at radius 1 is 0.923 bits per heavy atom. The molecule has 1 aromatic heterocycles. The number of para-hydroxylation sites is 1. The van der Waals surface area contributed by atoms with Crippen LogP contribution in [0.4, 0.5) is 5.82 Å². The Morgan fingerprint density at radius 3 is 2.12 bits per heavy atom. The third-order valence-corrected chi connectivity index (χ3v) is 4.33. The molecule has 1 heterocycles. The maximum atomic E-state index is 13.1. The summed E-state index contributed by atoms with van der Waals surface area (Å²) in [5.41, 5.74) is 9.01. The minimum atomic E-state index is -0.533. The van der Waals surface area contributed by atoms with E-state index in [2.05, 4.69) is 6.07 Å². The first kappa shape index (κ1) is 17.0. The molecular formula is C21H16N4O. The van der Waals surface area contributed by atoms with E-state index in [1.165, 1.54) is 4.57 Å². The van der Waals surface area contributed by atoms with Gasteiger partial charge in [0.1, 0.15) is 29.1 Å². The number of hydrogen-bond donors (Lipinski definition) is 1. The molecule has 5 heteroatoms. The molecule has 0 fully saturated rings. The molecule has 0 aliphatic carbocycles. The van der Waals surface area contributed by atoms with Gasteiger partial charge < -0.3 is 5.73 Å². The van der Waals surface area contributed by atoms with E-state index in [1.54, 1.807) is 24.3 Å². The first-order valence-corrected chi connectivity index (χ1v) is 8.01. The molecular weight excluding hydrogens is 324 g/mol. The van der Waals surface area contributed by atoms with Gasteiger partial charge >= 0.3 is 0 Å². The highest BCUT2D eigenvalue weighted by Crippen LogP contribution is 2.31. The summed E-state index contributed by atoms with van der Waals surface area (Å²) in [6, 6.07) is 18.5. The second-order valence-electron chi connectivity index (χ2n) is 6.03. The second kappa shape index (κ2) is 6.58. The van der Waals surface area contributed by atoms with Gasteiger partial charge in [-0.3, -0.25) is 9.36 Å². The van der Waals surface area contributed by atoms with Gasteiger partial charge in [0, 0.05) is 5.56 Å². The molecule has 0 aliphatic rings. The lowest BCUT2D eigenvalue weighted by molar-refractivity contribution is 0.981. The topological polar surface area (TPSA) is 95.6 Å². The minimum absolute atomic E-state index is 0.0291. The summed E-state index contributed by atoms with van der Waals surface area (Å²) in [5.74, 6) is 0.0291. The van der Waals surface area contributed by atoms with E-state index in [1.807, 2.05) is 44.2 Å². The smallest absolute Gasteiger partial charge is 0.275 e. The van der Waals surface area contributed by atoms with Crippen LogP contribution in [0.15, 0.2) is 53.3 Å². The zero-order chi connectivity index (χ0) is 18.8. The van der Waals surface area contributed by atoms with Crippen LogP contribution in [0.2, 0.25) is 0 Å². The Kier molecular flexibility index (Phi) is 4.31. The lowest BCUT2D eigenvalue weighted by Gasteiger charge is -2.17. The maximum absolute atomic E-state index is 13.1. The first-order valence-electron chi connectivity index (χ1n) is 8.01. The van der Waals surface area contributed by atoms with Crippen molar-refractivity contribution in [3.05, 3.63) is 81.1 Å². The fraction of sp³-hybridized carbons (Fsp3) is 0.0952. The quantitative estimate of drug-likeness (QED) is 0.773. The Labute approximate surface area is 151 Å². The summed E-state index contributed by atoms with van der Waals surface area (Å²) in [7, 11) is 0. The number of rotatable bonds is 2. The number of aromatic nitrogens is 1. The molecule has 0 atom stereocenters. The van der Waals surface area contributed by atoms with Crippen LogP contribution in [-0.2, 0) is 0 Å².